The number of hydrogen-bond acceptors (Lipinski definition) is 4. The Bertz CT molecular complexity index is 1440. The molecule has 0 saturated carbocycles. The van der Waals surface area contributed by atoms with Crippen molar-refractivity contribution in [2.45, 2.75) is 19.0 Å². The second-order valence-electron chi connectivity index (χ2n) is 8.06. The second kappa shape index (κ2) is 11.1. The van der Waals surface area contributed by atoms with Gasteiger partial charge in [-0.05, 0) is 48.0 Å². The van der Waals surface area contributed by atoms with Crippen molar-refractivity contribution < 1.29 is 19.1 Å². The first-order chi connectivity index (χ1) is 17.4. The van der Waals surface area contributed by atoms with Crippen molar-refractivity contribution in [3.63, 3.8) is 0 Å². The van der Waals surface area contributed by atoms with E-state index in [1.165, 1.54) is 23.1 Å². The zero-order valence-corrected chi connectivity index (χ0v) is 20.4. The molecule has 3 aromatic carbocycles. The molecule has 6 nitrogen and oxygen atoms in total. The molecule has 0 spiro atoms. The predicted octanol–water partition coefficient (Wildman–Crippen LogP) is 6.46. The van der Waals surface area contributed by atoms with Crippen LogP contribution in [0.5, 0.6) is 0 Å². The van der Waals surface area contributed by atoms with Crippen molar-refractivity contribution in [1.82, 2.24) is 4.90 Å². The van der Waals surface area contributed by atoms with E-state index in [1.54, 1.807) is 48.5 Å². The molecule has 0 aliphatic rings. The summed E-state index contributed by atoms with van der Waals surface area (Å²) in [5.41, 5.74) is 2.07. The van der Waals surface area contributed by atoms with Gasteiger partial charge in [-0.1, -0.05) is 65.7 Å². The second-order valence-corrected chi connectivity index (χ2v) is 8.90. The normalized spacial score (nSPS) is 11.5. The Morgan fingerprint density at radius 1 is 0.972 bits per heavy atom. The van der Waals surface area contributed by atoms with Gasteiger partial charge in [0.05, 0.1) is 28.8 Å². The van der Waals surface area contributed by atoms with Gasteiger partial charge in [0.2, 0.25) is 0 Å². The summed E-state index contributed by atoms with van der Waals surface area (Å²) < 4.78 is 5.96. The third-order valence-electron chi connectivity index (χ3n) is 5.62. The van der Waals surface area contributed by atoms with E-state index in [9.17, 15) is 20.0 Å². The molecule has 1 atom stereocenters. The summed E-state index contributed by atoms with van der Waals surface area (Å²) in [5, 5.41) is 19.8. The third kappa shape index (κ3) is 5.77. The molecule has 1 amide bonds. The van der Waals surface area contributed by atoms with Gasteiger partial charge in [-0.2, -0.15) is 5.26 Å². The fraction of sp³-hybridized carbons (Fsp3) is 0.107. The largest absolute Gasteiger partial charge is 0.480 e. The van der Waals surface area contributed by atoms with Gasteiger partial charge in [-0.3, -0.25) is 4.79 Å². The Kier molecular flexibility index (Phi) is 7.74. The average molecular weight is 519 g/mol. The Hall–Kier alpha value is -4.05. The molecule has 1 heterocycles. The smallest absolute Gasteiger partial charge is 0.326 e. The summed E-state index contributed by atoms with van der Waals surface area (Å²) >= 11 is 12.3. The molecule has 4 aromatic rings. The quantitative estimate of drug-likeness (QED) is 0.288. The van der Waals surface area contributed by atoms with Crippen LogP contribution in [-0.2, 0) is 17.8 Å². The molecule has 180 valence electrons. The van der Waals surface area contributed by atoms with E-state index in [0.29, 0.717) is 27.7 Å². The van der Waals surface area contributed by atoms with E-state index >= 15 is 0 Å². The lowest BCUT2D eigenvalue weighted by Gasteiger charge is -2.29. The van der Waals surface area contributed by atoms with Crippen molar-refractivity contribution >= 4 is 35.1 Å². The Morgan fingerprint density at radius 2 is 1.75 bits per heavy atom. The molecule has 4 rings (SSSR count). The van der Waals surface area contributed by atoms with Gasteiger partial charge < -0.3 is 14.4 Å². The number of carbonyl (C=O) groups excluding carboxylic acids is 1. The lowest BCUT2D eigenvalue weighted by atomic mass is 10.0. The van der Waals surface area contributed by atoms with Crippen LogP contribution in [0.15, 0.2) is 89.3 Å². The summed E-state index contributed by atoms with van der Waals surface area (Å²) in [4.78, 5) is 27.3. The van der Waals surface area contributed by atoms with E-state index in [0.717, 1.165) is 5.56 Å². The number of carbonyl (C=O) groups is 2. The van der Waals surface area contributed by atoms with Crippen LogP contribution in [0.2, 0.25) is 10.0 Å². The summed E-state index contributed by atoms with van der Waals surface area (Å²) in [5.74, 6) is -0.853. The molecule has 0 fully saturated rings. The highest BCUT2D eigenvalue weighted by atomic mass is 35.5. The summed E-state index contributed by atoms with van der Waals surface area (Å²) in [6.07, 6.45) is 0.0882. The van der Waals surface area contributed by atoms with E-state index < -0.39 is 17.9 Å². The minimum atomic E-state index is -1.19. The molecule has 1 unspecified atom stereocenters. The number of hydrogen-bond donors (Lipinski definition) is 1. The molecule has 0 bridgehead atoms. The van der Waals surface area contributed by atoms with Crippen LogP contribution in [-0.4, -0.2) is 27.9 Å². The first-order valence-corrected chi connectivity index (χ1v) is 11.7. The van der Waals surface area contributed by atoms with Gasteiger partial charge >= 0.3 is 5.97 Å². The SMILES string of the molecule is N#Cc1cccc(-c2ccc(CN(C(=O)c3ccc(Cl)cc3Cl)C(Cc3ccccc3)C(=O)O)o2)c1. The van der Waals surface area contributed by atoms with Crippen LogP contribution in [0.25, 0.3) is 11.3 Å². The summed E-state index contributed by atoms with van der Waals surface area (Å²) in [7, 11) is 0. The number of nitriles is 1. The zero-order chi connectivity index (χ0) is 25.7. The summed E-state index contributed by atoms with van der Waals surface area (Å²) in [6.45, 7) is -0.112. The number of furan rings is 1. The molecule has 36 heavy (non-hydrogen) atoms. The first-order valence-electron chi connectivity index (χ1n) is 11.0. The van der Waals surface area contributed by atoms with Gasteiger partial charge in [0.1, 0.15) is 17.6 Å². The number of aliphatic carboxylic acids is 1. The average Bonchev–Trinajstić information content (AvgIpc) is 3.35. The van der Waals surface area contributed by atoms with E-state index in [4.69, 9.17) is 27.6 Å². The minimum Gasteiger partial charge on any atom is -0.480 e. The standard InChI is InChI=1S/C28H20Cl2N2O4/c29-21-9-11-23(24(30)15-21)27(33)32(25(28(34)35)14-18-5-2-1-3-6-18)17-22-10-12-26(36-22)20-8-4-7-19(13-20)16-31/h1-13,15,25H,14,17H2,(H,34,35). The topological polar surface area (TPSA) is 94.5 Å². The van der Waals surface area contributed by atoms with Crippen molar-refractivity contribution in [1.29, 1.82) is 5.26 Å². The van der Waals surface area contributed by atoms with Crippen LogP contribution in [0.4, 0.5) is 0 Å². The van der Waals surface area contributed by atoms with E-state index in [-0.39, 0.29) is 23.6 Å². The van der Waals surface area contributed by atoms with Crippen molar-refractivity contribution in [3.8, 4) is 17.4 Å². The van der Waals surface area contributed by atoms with Crippen LogP contribution < -0.4 is 0 Å². The number of amides is 1. The maximum atomic E-state index is 13.6. The van der Waals surface area contributed by atoms with Gasteiger partial charge in [0.25, 0.3) is 5.91 Å². The van der Waals surface area contributed by atoms with Crippen LogP contribution >= 0.6 is 23.2 Å². The van der Waals surface area contributed by atoms with Gasteiger partial charge in [-0.25, -0.2) is 4.79 Å². The Labute approximate surface area is 217 Å². The Balaban J connectivity index is 1.71. The molecule has 1 N–H and O–H groups in total. The maximum absolute atomic E-state index is 13.6. The fourth-order valence-corrected chi connectivity index (χ4v) is 4.33. The molecule has 0 aliphatic carbocycles. The predicted molar refractivity (Wildman–Crippen MR) is 137 cm³/mol. The van der Waals surface area contributed by atoms with Crippen LogP contribution in [0, 0.1) is 11.3 Å². The molecule has 0 aliphatic heterocycles. The molecule has 8 heteroatoms. The van der Waals surface area contributed by atoms with Gasteiger partial charge in [-0.15, -0.1) is 0 Å². The van der Waals surface area contributed by atoms with Crippen molar-refractivity contribution in [3.05, 3.63) is 117 Å². The minimum absolute atomic E-state index is 0.0882. The zero-order valence-electron chi connectivity index (χ0n) is 18.9. The number of halogens is 2. The lowest BCUT2D eigenvalue weighted by molar-refractivity contribution is -0.142. The number of rotatable bonds is 8. The maximum Gasteiger partial charge on any atom is 0.326 e. The molecular formula is C28H20Cl2N2O4. The number of nitrogens with zero attached hydrogens (tertiary/aromatic N) is 2. The number of carboxylic acids is 1. The van der Waals surface area contributed by atoms with Gasteiger partial charge in [0.15, 0.2) is 0 Å². The molecule has 1 aromatic heterocycles. The Morgan fingerprint density at radius 3 is 2.44 bits per heavy atom. The third-order valence-corrected chi connectivity index (χ3v) is 6.17. The first kappa shape index (κ1) is 25.1. The van der Waals surface area contributed by atoms with Gasteiger partial charge in [0, 0.05) is 17.0 Å². The van der Waals surface area contributed by atoms with Crippen LogP contribution in [0.1, 0.15) is 27.2 Å². The van der Waals surface area contributed by atoms with Crippen LogP contribution in [0.3, 0.4) is 0 Å². The molecule has 0 saturated heterocycles. The molecule has 0 radical (unpaired) electrons. The fourth-order valence-electron chi connectivity index (χ4n) is 3.84. The summed E-state index contributed by atoms with van der Waals surface area (Å²) in [6, 6.07) is 24.7. The van der Waals surface area contributed by atoms with E-state index in [2.05, 4.69) is 6.07 Å². The highest BCUT2D eigenvalue weighted by Gasteiger charge is 2.32. The lowest BCUT2D eigenvalue weighted by Crippen LogP contribution is -2.46. The van der Waals surface area contributed by atoms with Crippen molar-refractivity contribution in [2.75, 3.05) is 0 Å². The highest BCUT2D eigenvalue weighted by molar-refractivity contribution is 6.36. The number of carboxylic acid groups (broad SMARTS) is 1. The highest BCUT2D eigenvalue weighted by Crippen LogP contribution is 2.27. The number of benzene rings is 3. The molecular weight excluding hydrogens is 499 g/mol. The van der Waals surface area contributed by atoms with Crippen molar-refractivity contribution in [2.24, 2.45) is 0 Å². The van der Waals surface area contributed by atoms with E-state index in [1.807, 2.05) is 18.2 Å². The monoisotopic (exact) mass is 518 g/mol.